The average Bonchev–Trinajstić information content (AvgIpc) is 3.20. The maximum absolute atomic E-state index is 12.9. The Morgan fingerprint density at radius 2 is 1.89 bits per heavy atom. The van der Waals surface area contributed by atoms with Crippen molar-refractivity contribution >= 4 is 22.4 Å². The molecule has 0 unspecified atom stereocenters. The third-order valence-corrected chi connectivity index (χ3v) is 6.23. The topological polar surface area (TPSA) is 42.0 Å². The minimum atomic E-state index is -0.137. The summed E-state index contributed by atoms with van der Waals surface area (Å²) in [5, 5.41) is 5.76. The SMILES string of the molecule is CCC[C@H](C(=O)Nc1nc(-c2ccc3c(c2)CCCC3)cs1)c1ccccc1. The molecule has 1 atom stereocenters. The first-order valence-electron chi connectivity index (χ1n) is 10.2. The lowest BCUT2D eigenvalue weighted by Gasteiger charge is -2.16. The first-order valence-corrected chi connectivity index (χ1v) is 11.1. The van der Waals surface area contributed by atoms with E-state index in [0.29, 0.717) is 5.13 Å². The number of anilines is 1. The lowest BCUT2D eigenvalue weighted by atomic mass is 9.90. The number of carbonyl (C=O) groups is 1. The molecule has 1 amide bonds. The van der Waals surface area contributed by atoms with Gasteiger partial charge < -0.3 is 5.32 Å². The van der Waals surface area contributed by atoms with Crippen LogP contribution in [0.25, 0.3) is 11.3 Å². The van der Waals surface area contributed by atoms with Gasteiger partial charge in [-0.1, -0.05) is 55.8 Å². The summed E-state index contributed by atoms with van der Waals surface area (Å²) in [6.45, 7) is 2.11. The summed E-state index contributed by atoms with van der Waals surface area (Å²) >= 11 is 1.50. The molecule has 1 aliphatic carbocycles. The number of nitrogens with zero attached hydrogens (tertiary/aromatic N) is 1. The highest BCUT2D eigenvalue weighted by Gasteiger charge is 2.21. The Kier molecular flexibility index (Phi) is 5.87. The van der Waals surface area contributed by atoms with E-state index in [1.165, 1.54) is 41.7 Å². The van der Waals surface area contributed by atoms with Crippen LogP contribution in [0.3, 0.4) is 0 Å². The minimum Gasteiger partial charge on any atom is -0.301 e. The van der Waals surface area contributed by atoms with Gasteiger partial charge in [-0.25, -0.2) is 4.98 Å². The van der Waals surface area contributed by atoms with Crippen LogP contribution in [0.15, 0.2) is 53.9 Å². The number of aromatic nitrogens is 1. The van der Waals surface area contributed by atoms with E-state index in [1.54, 1.807) is 0 Å². The Balaban J connectivity index is 1.50. The van der Waals surface area contributed by atoms with E-state index < -0.39 is 0 Å². The number of aryl methyl sites for hydroxylation is 2. The largest absolute Gasteiger partial charge is 0.301 e. The maximum atomic E-state index is 12.9. The van der Waals surface area contributed by atoms with Gasteiger partial charge >= 0.3 is 0 Å². The van der Waals surface area contributed by atoms with E-state index in [1.807, 2.05) is 35.7 Å². The third kappa shape index (κ3) is 4.17. The third-order valence-electron chi connectivity index (χ3n) is 5.47. The van der Waals surface area contributed by atoms with Gasteiger partial charge in [-0.05, 0) is 54.9 Å². The van der Waals surface area contributed by atoms with Crippen LogP contribution in [0.4, 0.5) is 5.13 Å². The van der Waals surface area contributed by atoms with Crippen molar-refractivity contribution in [1.82, 2.24) is 4.98 Å². The fraction of sp³-hybridized carbons (Fsp3) is 0.333. The molecule has 1 aliphatic rings. The van der Waals surface area contributed by atoms with Crippen molar-refractivity contribution in [2.75, 3.05) is 5.32 Å². The lowest BCUT2D eigenvalue weighted by Crippen LogP contribution is -2.21. The van der Waals surface area contributed by atoms with E-state index in [4.69, 9.17) is 4.98 Å². The highest BCUT2D eigenvalue weighted by molar-refractivity contribution is 7.14. The van der Waals surface area contributed by atoms with E-state index in [2.05, 4.69) is 30.4 Å². The molecular weight excluding hydrogens is 364 g/mol. The van der Waals surface area contributed by atoms with Crippen LogP contribution in [0.5, 0.6) is 0 Å². The fourth-order valence-electron chi connectivity index (χ4n) is 3.97. The second-order valence-corrected chi connectivity index (χ2v) is 8.33. The van der Waals surface area contributed by atoms with Crippen LogP contribution >= 0.6 is 11.3 Å². The smallest absolute Gasteiger partial charge is 0.233 e. The first-order chi connectivity index (χ1) is 13.7. The van der Waals surface area contributed by atoms with Gasteiger partial charge in [-0.2, -0.15) is 0 Å². The summed E-state index contributed by atoms with van der Waals surface area (Å²) in [5.41, 5.74) is 6.08. The molecule has 28 heavy (non-hydrogen) atoms. The molecule has 0 bridgehead atoms. The lowest BCUT2D eigenvalue weighted by molar-refractivity contribution is -0.117. The Morgan fingerprint density at radius 3 is 2.68 bits per heavy atom. The highest BCUT2D eigenvalue weighted by atomic mass is 32.1. The second kappa shape index (κ2) is 8.70. The van der Waals surface area contributed by atoms with Crippen molar-refractivity contribution in [3.05, 3.63) is 70.6 Å². The quantitative estimate of drug-likeness (QED) is 0.543. The molecule has 0 saturated carbocycles. The zero-order valence-corrected chi connectivity index (χ0v) is 17.1. The number of amides is 1. The molecule has 4 rings (SSSR count). The highest BCUT2D eigenvalue weighted by Crippen LogP contribution is 2.30. The van der Waals surface area contributed by atoms with E-state index in [-0.39, 0.29) is 11.8 Å². The van der Waals surface area contributed by atoms with Gasteiger partial charge in [0, 0.05) is 10.9 Å². The summed E-state index contributed by atoms with van der Waals surface area (Å²) in [7, 11) is 0. The van der Waals surface area contributed by atoms with Gasteiger partial charge in [0.25, 0.3) is 0 Å². The first kappa shape index (κ1) is 18.9. The summed E-state index contributed by atoms with van der Waals surface area (Å²) in [6, 6.07) is 16.7. The summed E-state index contributed by atoms with van der Waals surface area (Å²) in [5.74, 6) is -0.110. The molecule has 2 aromatic carbocycles. The number of fused-ring (bicyclic) bond motifs is 1. The van der Waals surface area contributed by atoms with Gasteiger partial charge in [-0.3, -0.25) is 4.79 Å². The maximum Gasteiger partial charge on any atom is 0.233 e. The molecule has 1 aromatic heterocycles. The Labute approximate surface area is 170 Å². The van der Waals surface area contributed by atoms with Crippen LogP contribution < -0.4 is 5.32 Å². The molecule has 4 heteroatoms. The van der Waals surface area contributed by atoms with E-state index in [9.17, 15) is 4.79 Å². The van der Waals surface area contributed by atoms with Crippen LogP contribution in [-0.2, 0) is 17.6 Å². The second-order valence-electron chi connectivity index (χ2n) is 7.47. The number of benzene rings is 2. The number of thiazole rings is 1. The predicted octanol–water partition coefficient (Wildman–Crippen LogP) is 6.21. The van der Waals surface area contributed by atoms with E-state index in [0.717, 1.165) is 36.1 Å². The Hall–Kier alpha value is -2.46. The van der Waals surface area contributed by atoms with Crippen molar-refractivity contribution in [1.29, 1.82) is 0 Å². The van der Waals surface area contributed by atoms with Crippen molar-refractivity contribution in [2.45, 2.75) is 51.4 Å². The van der Waals surface area contributed by atoms with Gasteiger partial charge in [0.05, 0.1) is 11.6 Å². The van der Waals surface area contributed by atoms with Crippen LogP contribution in [0.1, 0.15) is 55.2 Å². The monoisotopic (exact) mass is 390 g/mol. The molecule has 0 fully saturated rings. The van der Waals surface area contributed by atoms with Crippen LogP contribution in [0, 0.1) is 0 Å². The zero-order chi connectivity index (χ0) is 19.3. The molecule has 0 radical (unpaired) electrons. The molecule has 1 N–H and O–H groups in total. The van der Waals surface area contributed by atoms with Crippen LogP contribution in [0.2, 0.25) is 0 Å². The normalized spacial score (nSPS) is 14.3. The Morgan fingerprint density at radius 1 is 1.11 bits per heavy atom. The molecule has 0 spiro atoms. The average molecular weight is 391 g/mol. The summed E-state index contributed by atoms with van der Waals surface area (Å²) in [6.07, 6.45) is 6.70. The van der Waals surface area contributed by atoms with Gasteiger partial charge in [0.2, 0.25) is 5.91 Å². The van der Waals surface area contributed by atoms with Crippen molar-refractivity contribution in [2.24, 2.45) is 0 Å². The molecule has 0 aliphatic heterocycles. The van der Waals surface area contributed by atoms with Gasteiger partial charge in [-0.15, -0.1) is 11.3 Å². The van der Waals surface area contributed by atoms with Crippen molar-refractivity contribution in [3.63, 3.8) is 0 Å². The summed E-state index contributed by atoms with van der Waals surface area (Å²) < 4.78 is 0. The number of rotatable bonds is 6. The zero-order valence-electron chi connectivity index (χ0n) is 16.3. The predicted molar refractivity (Wildman–Crippen MR) is 117 cm³/mol. The van der Waals surface area contributed by atoms with Gasteiger partial charge in [0.15, 0.2) is 5.13 Å². The Bertz CT molecular complexity index is 948. The number of hydrogen-bond acceptors (Lipinski definition) is 3. The molecule has 3 nitrogen and oxygen atoms in total. The number of hydrogen-bond donors (Lipinski definition) is 1. The molecule has 1 heterocycles. The molecular formula is C24H26N2OS. The van der Waals surface area contributed by atoms with E-state index >= 15 is 0 Å². The standard InChI is InChI=1S/C24H26N2OS/c1-2-8-21(18-10-4-3-5-11-18)23(27)26-24-25-22(16-28-24)20-14-13-17-9-6-7-12-19(17)15-20/h3-5,10-11,13-16,21H,2,6-9,12H2,1H3,(H,25,26,27)/t21-/m0/s1. The molecule has 144 valence electrons. The number of carbonyl (C=O) groups excluding carboxylic acids is 1. The van der Waals surface area contributed by atoms with Crippen molar-refractivity contribution < 1.29 is 4.79 Å². The minimum absolute atomic E-state index is 0.0272. The van der Waals surface area contributed by atoms with Crippen LogP contribution in [-0.4, -0.2) is 10.9 Å². The summed E-state index contributed by atoms with van der Waals surface area (Å²) in [4.78, 5) is 17.6. The molecule has 3 aromatic rings. The fourth-order valence-corrected chi connectivity index (χ4v) is 4.69. The number of nitrogens with one attached hydrogen (secondary N) is 1. The van der Waals surface area contributed by atoms with Gasteiger partial charge in [0.1, 0.15) is 0 Å². The van der Waals surface area contributed by atoms with Crippen molar-refractivity contribution in [3.8, 4) is 11.3 Å². The molecule has 0 saturated heterocycles.